The lowest BCUT2D eigenvalue weighted by atomic mass is 10.1. The maximum absolute atomic E-state index is 9.90. The second-order valence-corrected chi connectivity index (χ2v) is 4.04. The Hall–Kier alpha value is -2.63. The molecule has 90 valence electrons. The van der Waals surface area contributed by atoms with E-state index in [0.717, 1.165) is 5.69 Å². The zero-order valence-electron chi connectivity index (χ0n) is 9.70. The summed E-state index contributed by atoms with van der Waals surface area (Å²) < 4.78 is 1.60. The summed E-state index contributed by atoms with van der Waals surface area (Å²) in [5, 5.41) is 22.3. The first-order chi connectivity index (χ1) is 8.65. The van der Waals surface area contributed by atoms with Crippen molar-refractivity contribution in [2.75, 3.05) is 5.73 Å². The minimum absolute atomic E-state index is 0.0626. The van der Waals surface area contributed by atoms with Gasteiger partial charge in [0.05, 0.1) is 11.3 Å². The van der Waals surface area contributed by atoms with Crippen LogP contribution in [0, 0.1) is 6.92 Å². The SMILES string of the molecule is Cc1ccc2nnc(-c3ccc(N)cc3O)n2n1. The van der Waals surface area contributed by atoms with E-state index in [0.29, 0.717) is 22.7 Å². The molecule has 0 amide bonds. The molecule has 3 N–H and O–H groups in total. The molecule has 2 aromatic heterocycles. The topological polar surface area (TPSA) is 89.3 Å². The van der Waals surface area contributed by atoms with E-state index in [9.17, 15) is 5.11 Å². The van der Waals surface area contributed by atoms with Gasteiger partial charge in [-0.1, -0.05) is 0 Å². The zero-order valence-corrected chi connectivity index (χ0v) is 9.70. The second-order valence-electron chi connectivity index (χ2n) is 4.04. The van der Waals surface area contributed by atoms with Crippen LogP contribution in [0.5, 0.6) is 5.75 Å². The van der Waals surface area contributed by atoms with Crippen LogP contribution in [0.15, 0.2) is 30.3 Å². The molecule has 3 aromatic rings. The number of phenols is 1. The van der Waals surface area contributed by atoms with Crippen molar-refractivity contribution in [2.24, 2.45) is 0 Å². The number of hydrogen-bond donors (Lipinski definition) is 2. The second kappa shape index (κ2) is 3.69. The average Bonchev–Trinajstić information content (AvgIpc) is 2.72. The Labute approximate surface area is 103 Å². The number of rotatable bonds is 1. The first-order valence-corrected chi connectivity index (χ1v) is 5.43. The standard InChI is InChI=1S/C12H11N5O/c1-7-2-5-11-14-15-12(17(11)16-7)9-4-3-8(13)6-10(9)18/h2-6,18H,13H2,1H3. The highest BCUT2D eigenvalue weighted by molar-refractivity contribution is 5.68. The molecule has 0 spiro atoms. The first kappa shape index (κ1) is 10.5. The lowest BCUT2D eigenvalue weighted by Gasteiger charge is -2.03. The molecule has 2 heterocycles. The first-order valence-electron chi connectivity index (χ1n) is 5.43. The number of phenolic OH excluding ortho intramolecular Hbond substituents is 1. The van der Waals surface area contributed by atoms with Gasteiger partial charge in [0.25, 0.3) is 0 Å². The Kier molecular flexibility index (Phi) is 2.16. The van der Waals surface area contributed by atoms with Crippen LogP contribution in [0.25, 0.3) is 17.0 Å². The van der Waals surface area contributed by atoms with Gasteiger partial charge >= 0.3 is 0 Å². The molecule has 18 heavy (non-hydrogen) atoms. The number of aryl methyl sites for hydroxylation is 1. The number of aromatic nitrogens is 4. The van der Waals surface area contributed by atoms with E-state index in [1.807, 2.05) is 19.1 Å². The van der Waals surface area contributed by atoms with Gasteiger partial charge in [-0.15, -0.1) is 10.2 Å². The van der Waals surface area contributed by atoms with Gasteiger partial charge in [-0.05, 0) is 31.2 Å². The van der Waals surface area contributed by atoms with Crippen molar-refractivity contribution in [1.82, 2.24) is 19.8 Å². The fraction of sp³-hybridized carbons (Fsp3) is 0.0833. The highest BCUT2D eigenvalue weighted by atomic mass is 16.3. The number of fused-ring (bicyclic) bond motifs is 1. The Morgan fingerprint density at radius 2 is 2.00 bits per heavy atom. The summed E-state index contributed by atoms with van der Waals surface area (Å²) in [7, 11) is 0. The number of anilines is 1. The lowest BCUT2D eigenvalue weighted by Crippen LogP contribution is -1.97. The predicted molar refractivity (Wildman–Crippen MR) is 67.0 cm³/mol. The van der Waals surface area contributed by atoms with Crippen molar-refractivity contribution in [3.8, 4) is 17.1 Å². The van der Waals surface area contributed by atoms with Crippen LogP contribution in [0.3, 0.4) is 0 Å². The summed E-state index contributed by atoms with van der Waals surface area (Å²) >= 11 is 0. The molecule has 0 radical (unpaired) electrons. The molecule has 0 unspecified atom stereocenters. The molecule has 0 saturated carbocycles. The number of aromatic hydroxyl groups is 1. The molecule has 0 bridgehead atoms. The van der Waals surface area contributed by atoms with E-state index in [2.05, 4.69) is 15.3 Å². The van der Waals surface area contributed by atoms with Gasteiger partial charge in [0.15, 0.2) is 11.5 Å². The minimum atomic E-state index is 0.0626. The number of benzene rings is 1. The Balaban J connectivity index is 2.28. The number of nitrogen functional groups attached to an aromatic ring is 1. The Morgan fingerprint density at radius 1 is 1.17 bits per heavy atom. The Bertz CT molecular complexity index is 734. The van der Waals surface area contributed by atoms with Crippen molar-refractivity contribution in [3.05, 3.63) is 36.0 Å². The molecule has 0 aliphatic rings. The lowest BCUT2D eigenvalue weighted by molar-refractivity contribution is 0.477. The van der Waals surface area contributed by atoms with Gasteiger partial charge < -0.3 is 10.8 Å². The summed E-state index contributed by atoms with van der Waals surface area (Å²) in [6.07, 6.45) is 0. The van der Waals surface area contributed by atoms with Crippen molar-refractivity contribution >= 4 is 11.3 Å². The molecule has 1 aromatic carbocycles. The maximum Gasteiger partial charge on any atom is 0.189 e. The quantitative estimate of drug-likeness (QED) is 0.628. The normalized spacial score (nSPS) is 10.9. The van der Waals surface area contributed by atoms with Crippen molar-refractivity contribution in [1.29, 1.82) is 0 Å². The van der Waals surface area contributed by atoms with E-state index >= 15 is 0 Å². The van der Waals surface area contributed by atoms with Crippen LogP contribution >= 0.6 is 0 Å². The largest absolute Gasteiger partial charge is 0.507 e. The fourth-order valence-corrected chi connectivity index (χ4v) is 1.79. The predicted octanol–water partition coefficient (Wildman–Crippen LogP) is 1.39. The monoisotopic (exact) mass is 241 g/mol. The molecule has 6 heteroatoms. The van der Waals surface area contributed by atoms with Crippen LogP contribution in [0.4, 0.5) is 5.69 Å². The van der Waals surface area contributed by atoms with E-state index in [1.165, 1.54) is 6.07 Å². The van der Waals surface area contributed by atoms with Crippen LogP contribution in [0.1, 0.15) is 5.69 Å². The highest BCUT2D eigenvalue weighted by Crippen LogP contribution is 2.29. The van der Waals surface area contributed by atoms with Crippen molar-refractivity contribution < 1.29 is 5.11 Å². The maximum atomic E-state index is 9.90. The highest BCUT2D eigenvalue weighted by Gasteiger charge is 2.13. The molecule has 3 rings (SSSR count). The van der Waals surface area contributed by atoms with Gasteiger partial charge in [-0.25, -0.2) is 0 Å². The van der Waals surface area contributed by atoms with Gasteiger partial charge in [0, 0.05) is 11.8 Å². The average molecular weight is 241 g/mol. The summed E-state index contributed by atoms with van der Waals surface area (Å²) in [5.74, 6) is 0.554. The third-order valence-corrected chi connectivity index (χ3v) is 2.66. The number of nitrogens with two attached hydrogens (primary N) is 1. The zero-order chi connectivity index (χ0) is 12.7. The molecule has 0 aliphatic heterocycles. The minimum Gasteiger partial charge on any atom is -0.507 e. The van der Waals surface area contributed by atoms with Crippen LogP contribution in [-0.4, -0.2) is 24.9 Å². The molecule has 0 saturated heterocycles. The summed E-state index contributed by atoms with van der Waals surface area (Å²) in [4.78, 5) is 0. The molecule has 0 fully saturated rings. The molecule has 0 aliphatic carbocycles. The van der Waals surface area contributed by atoms with Crippen molar-refractivity contribution in [2.45, 2.75) is 6.92 Å². The van der Waals surface area contributed by atoms with Gasteiger partial charge in [-0.2, -0.15) is 9.61 Å². The molecular weight excluding hydrogens is 230 g/mol. The van der Waals surface area contributed by atoms with Crippen molar-refractivity contribution in [3.63, 3.8) is 0 Å². The molecule has 6 nitrogen and oxygen atoms in total. The fourth-order valence-electron chi connectivity index (χ4n) is 1.79. The van der Waals surface area contributed by atoms with E-state index in [-0.39, 0.29) is 5.75 Å². The van der Waals surface area contributed by atoms with E-state index < -0.39 is 0 Å². The Morgan fingerprint density at radius 3 is 2.78 bits per heavy atom. The number of nitrogens with zero attached hydrogens (tertiary/aromatic N) is 4. The molecular formula is C12H11N5O. The number of hydrogen-bond acceptors (Lipinski definition) is 5. The third kappa shape index (κ3) is 1.55. The van der Waals surface area contributed by atoms with Gasteiger partial charge in [0.2, 0.25) is 0 Å². The van der Waals surface area contributed by atoms with Gasteiger partial charge in [0.1, 0.15) is 5.75 Å². The van der Waals surface area contributed by atoms with E-state index in [4.69, 9.17) is 5.73 Å². The molecule has 0 atom stereocenters. The van der Waals surface area contributed by atoms with Gasteiger partial charge in [-0.3, -0.25) is 0 Å². The third-order valence-electron chi connectivity index (χ3n) is 2.66. The van der Waals surface area contributed by atoms with Crippen LogP contribution in [-0.2, 0) is 0 Å². The van der Waals surface area contributed by atoms with Crippen LogP contribution < -0.4 is 5.73 Å². The summed E-state index contributed by atoms with van der Waals surface area (Å²) in [6, 6.07) is 8.56. The smallest absolute Gasteiger partial charge is 0.189 e. The van der Waals surface area contributed by atoms with Crippen LogP contribution in [0.2, 0.25) is 0 Å². The summed E-state index contributed by atoms with van der Waals surface area (Å²) in [6.45, 7) is 1.88. The summed E-state index contributed by atoms with van der Waals surface area (Å²) in [5.41, 5.74) is 8.12. The van der Waals surface area contributed by atoms with E-state index in [1.54, 1.807) is 16.6 Å².